The molecule has 0 bridgehead atoms. The van der Waals surface area contributed by atoms with E-state index in [1.807, 2.05) is 0 Å². The molecule has 2 heterocycles. The molecule has 1 aromatic heterocycles. The van der Waals surface area contributed by atoms with Gasteiger partial charge < -0.3 is 4.90 Å². The maximum Gasteiger partial charge on any atom is 0.228 e. The molecule has 1 fully saturated rings. The molecule has 0 spiro atoms. The molecule has 0 radical (unpaired) electrons. The average molecular weight is 209 g/mol. The number of hydrogen-bond donors (Lipinski definition) is 0. The number of piperidine rings is 1. The zero-order valence-corrected chi connectivity index (χ0v) is 8.57. The first-order valence-corrected chi connectivity index (χ1v) is 5.48. The Labute approximate surface area is 86.5 Å². The van der Waals surface area contributed by atoms with Crippen LogP contribution in [0.1, 0.15) is 25.7 Å². The van der Waals surface area contributed by atoms with Gasteiger partial charge in [0.1, 0.15) is 0 Å². The second-order valence-electron chi connectivity index (χ2n) is 3.35. The largest absolute Gasteiger partial charge is 0.341 e. The lowest BCUT2D eigenvalue weighted by Crippen LogP contribution is -2.39. The van der Waals surface area contributed by atoms with Crippen molar-refractivity contribution < 1.29 is 0 Å². The SMILES string of the molecule is N#CCC1CCCCN1c1nnns1. The van der Waals surface area contributed by atoms with E-state index in [-0.39, 0.29) is 0 Å². The van der Waals surface area contributed by atoms with Crippen LogP contribution < -0.4 is 4.90 Å². The highest BCUT2D eigenvalue weighted by molar-refractivity contribution is 7.09. The lowest BCUT2D eigenvalue weighted by Gasteiger charge is -2.33. The van der Waals surface area contributed by atoms with E-state index in [0.717, 1.165) is 18.1 Å². The summed E-state index contributed by atoms with van der Waals surface area (Å²) in [5.41, 5.74) is 0. The predicted molar refractivity (Wildman–Crippen MR) is 52.9 cm³/mol. The number of aromatic nitrogens is 3. The summed E-state index contributed by atoms with van der Waals surface area (Å²) in [6.45, 7) is 0.975. The van der Waals surface area contributed by atoms with Gasteiger partial charge in [-0.1, -0.05) is 9.59 Å². The molecule has 1 saturated heterocycles. The third-order valence-electron chi connectivity index (χ3n) is 2.49. The molecule has 1 unspecified atom stereocenters. The van der Waals surface area contributed by atoms with Crippen LogP contribution in [0.3, 0.4) is 0 Å². The fraction of sp³-hybridized carbons (Fsp3) is 0.750. The number of anilines is 1. The predicted octanol–water partition coefficient (Wildman–Crippen LogP) is 1.21. The van der Waals surface area contributed by atoms with Crippen molar-refractivity contribution in [2.24, 2.45) is 0 Å². The number of rotatable bonds is 2. The first-order chi connectivity index (χ1) is 6.92. The van der Waals surface area contributed by atoms with Crippen molar-refractivity contribution in [3.63, 3.8) is 0 Å². The average Bonchev–Trinajstić information content (AvgIpc) is 2.72. The van der Waals surface area contributed by atoms with Gasteiger partial charge in [-0.3, -0.25) is 0 Å². The molecule has 1 aliphatic rings. The minimum atomic E-state index is 0.309. The Morgan fingerprint density at radius 3 is 3.21 bits per heavy atom. The molecule has 6 heteroatoms. The topological polar surface area (TPSA) is 65.7 Å². The highest BCUT2D eigenvalue weighted by atomic mass is 32.1. The van der Waals surface area contributed by atoms with Gasteiger partial charge in [0.2, 0.25) is 5.13 Å². The lowest BCUT2D eigenvalue weighted by atomic mass is 10.0. The van der Waals surface area contributed by atoms with Crippen LogP contribution in [0.2, 0.25) is 0 Å². The van der Waals surface area contributed by atoms with Crippen LogP contribution in [0, 0.1) is 11.3 Å². The van der Waals surface area contributed by atoms with Crippen LogP contribution in [0.5, 0.6) is 0 Å². The Hall–Kier alpha value is -1.22. The molecule has 0 saturated carbocycles. The van der Waals surface area contributed by atoms with Gasteiger partial charge in [-0.15, -0.1) is 0 Å². The number of nitrogens with zero attached hydrogens (tertiary/aromatic N) is 5. The van der Waals surface area contributed by atoms with Crippen molar-refractivity contribution in [1.29, 1.82) is 5.26 Å². The monoisotopic (exact) mass is 209 g/mol. The lowest BCUT2D eigenvalue weighted by molar-refractivity contribution is 0.463. The molecule has 2 rings (SSSR count). The van der Waals surface area contributed by atoms with Gasteiger partial charge in [0.25, 0.3) is 0 Å². The summed E-state index contributed by atoms with van der Waals surface area (Å²) in [7, 11) is 0. The normalized spacial score (nSPS) is 21.9. The molecule has 74 valence electrons. The van der Waals surface area contributed by atoms with Gasteiger partial charge >= 0.3 is 0 Å². The molecule has 0 amide bonds. The van der Waals surface area contributed by atoms with E-state index in [9.17, 15) is 0 Å². The zero-order valence-electron chi connectivity index (χ0n) is 7.76. The van der Waals surface area contributed by atoms with Crippen LogP contribution in [0.25, 0.3) is 0 Å². The van der Waals surface area contributed by atoms with Crippen molar-refractivity contribution in [3.05, 3.63) is 0 Å². The van der Waals surface area contributed by atoms with Crippen molar-refractivity contribution in [1.82, 2.24) is 14.8 Å². The van der Waals surface area contributed by atoms with Crippen molar-refractivity contribution in [3.8, 4) is 6.07 Å². The Morgan fingerprint density at radius 1 is 1.57 bits per heavy atom. The molecule has 0 aromatic carbocycles. The Kier molecular flexibility index (Phi) is 2.89. The summed E-state index contributed by atoms with van der Waals surface area (Å²) in [5.74, 6) is 0. The maximum absolute atomic E-state index is 8.71. The van der Waals surface area contributed by atoms with Crippen molar-refractivity contribution in [2.75, 3.05) is 11.4 Å². The summed E-state index contributed by atoms with van der Waals surface area (Å²) in [4.78, 5) is 2.16. The van der Waals surface area contributed by atoms with E-state index < -0.39 is 0 Å². The summed E-state index contributed by atoms with van der Waals surface area (Å²) < 4.78 is 3.75. The van der Waals surface area contributed by atoms with Crippen LogP contribution >= 0.6 is 11.5 Å². The second-order valence-corrected chi connectivity index (χ2v) is 4.06. The van der Waals surface area contributed by atoms with E-state index in [2.05, 4.69) is 25.8 Å². The maximum atomic E-state index is 8.71. The highest BCUT2D eigenvalue weighted by Gasteiger charge is 2.24. The van der Waals surface area contributed by atoms with Gasteiger partial charge in [0, 0.05) is 24.1 Å². The first-order valence-electron chi connectivity index (χ1n) is 4.70. The first kappa shape index (κ1) is 9.34. The van der Waals surface area contributed by atoms with Gasteiger partial charge in [0.05, 0.1) is 12.5 Å². The zero-order chi connectivity index (χ0) is 9.80. The molecule has 1 atom stereocenters. The van der Waals surface area contributed by atoms with Crippen LogP contribution in [-0.2, 0) is 0 Å². The van der Waals surface area contributed by atoms with E-state index >= 15 is 0 Å². The van der Waals surface area contributed by atoms with E-state index in [1.165, 1.54) is 24.4 Å². The van der Waals surface area contributed by atoms with Gasteiger partial charge in [-0.2, -0.15) is 5.26 Å². The smallest absolute Gasteiger partial charge is 0.228 e. The van der Waals surface area contributed by atoms with E-state index in [4.69, 9.17) is 5.26 Å². The highest BCUT2D eigenvalue weighted by Crippen LogP contribution is 2.25. The molecule has 1 aromatic rings. The minimum absolute atomic E-state index is 0.309. The molecule has 14 heavy (non-hydrogen) atoms. The summed E-state index contributed by atoms with van der Waals surface area (Å²) in [5, 5.41) is 17.1. The standard InChI is InChI=1S/C8H11N5S/c9-5-4-7-3-1-2-6-13(7)8-10-11-12-14-8/h7H,1-4,6H2. The fourth-order valence-corrected chi connectivity index (χ4v) is 2.37. The Morgan fingerprint density at radius 2 is 2.50 bits per heavy atom. The Balaban J connectivity index is 2.11. The van der Waals surface area contributed by atoms with Crippen molar-refractivity contribution in [2.45, 2.75) is 31.7 Å². The molecule has 0 N–H and O–H groups in total. The van der Waals surface area contributed by atoms with Crippen LogP contribution in [0.4, 0.5) is 5.13 Å². The third kappa shape index (κ3) is 1.82. The molecule has 1 aliphatic heterocycles. The minimum Gasteiger partial charge on any atom is -0.341 e. The van der Waals surface area contributed by atoms with Crippen LogP contribution in [-0.4, -0.2) is 27.4 Å². The molecular weight excluding hydrogens is 198 g/mol. The number of hydrogen-bond acceptors (Lipinski definition) is 6. The molecule has 5 nitrogen and oxygen atoms in total. The summed E-state index contributed by atoms with van der Waals surface area (Å²) in [6.07, 6.45) is 4.02. The fourth-order valence-electron chi connectivity index (χ4n) is 1.81. The molecular formula is C8H11N5S. The quantitative estimate of drug-likeness (QED) is 0.732. The van der Waals surface area contributed by atoms with Gasteiger partial charge in [-0.25, -0.2) is 0 Å². The van der Waals surface area contributed by atoms with Crippen molar-refractivity contribution >= 4 is 16.7 Å². The van der Waals surface area contributed by atoms with E-state index in [1.54, 1.807) is 0 Å². The van der Waals surface area contributed by atoms with Gasteiger partial charge in [-0.05, 0) is 24.5 Å². The van der Waals surface area contributed by atoms with Gasteiger partial charge in [0.15, 0.2) is 0 Å². The third-order valence-corrected chi connectivity index (χ3v) is 3.12. The van der Waals surface area contributed by atoms with Crippen LogP contribution in [0.15, 0.2) is 0 Å². The summed E-state index contributed by atoms with van der Waals surface area (Å²) in [6, 6.07) is 2.53. The molecule has 0 aliphatic carbocycles. The Bertz CT molecular complexity index is 317. The van der Waals surface area contributed by atoms with E-state index in [0.29, 0.717) is 12.5 Å². The second kappa shape index (κ2) is 4.33. The number of nitriles is 1. The summed E-state index contributed by atoms with van der Waals surface area (Å²) >= 11 is 1.30.